The quantitative estimate of drug-likeness (QED) is 0.822. The lowest BCUT2D eigenvalue weighted by atomic mass is 9.90. The average Bonchev–Trinajstić information content (AvgIpc) is 2.47. The monoisotopic (exact) mass is 300 g/mol. The van der Waals surface area contributed by atoms with Gasteiger partial charge in [0.2, 0.25) is 0 Å². The summed E-state index contributed by atoms with van der Waals surface area (Å²) in [5.74, 6) is -0.253. The smallest absolute Gasteiger partial charge is 0.259 e. The first kappa shape index (κ1) is 14.0. The molecule has 0 spiro atoms. The molecule has 0 radical (unpaired) electrons. The summed E-state index contributed by atoms with van der Waals surface area (Å²) in [6, 6.07) is 11.1. The van der Waals surface area contributed by atoms with E-state index in [0.29, 0.717) is 16.3 Å². The lowest BCUT2D eigenvalue weighted by Crippen LogP contribution is -2.17. The number of nitrogens with one attached hydrogen (secondary N) is 1. The summed E-state index contributed by atoms with van der Waals surface area (Å²) in [5, 5.41) is 3.34. The molecule has 2 aromatic rings. The highest BCUT2D eigenvalue weighted by molar-refractivity contribution is 6.35. The highest BCUT2D eigenvalue weighted by Crippen LogP contribution is 2.29. The number of benzene rings is 2. The largest absolute Gasteiger partial charge is 0.398 e. The van der Waals surface area contributed by atoms with Gasteiger partial charge >= 0.3 is 0 Å². The van der Waals surface area contributed by atoms with E-state index in [-0.39, 0.29) is 5.91 Å². The highest BCUT2D eigenvalue weighted by Gasteiger charge is 2.18. The number of fused-ring (bicyclic) bond motifs is 1. The summed E-state index contributed by atoms with van der Waals surface area (Å²) in [7, 11) is 0. The van der Waals surface area contributed by atoms with Crippen molar-refractivity contribution in [2.75, 3.05) is 11.1 Å². The van der Waals surface area contributed by atoms with Crippen LogP contribution in [0.5, 0.6) is 0 Å². The van der Waals surface area contributed by atoms with Gasteiger partial charge in [-0.3, -0.25) is 4.79 Å². The molecule has 2 aromatic carbocycles. The van der Waals surface area contributed by atoms with Crippen molar-refractivity contribution in [3.05, 3.63) is 58.1 Å². The van der Waals surface area contributed by atoms with E-state index in [9.17, 15) is 4.79 Å². The first-order chi connectivity index (χ1) is 10.2. The van der Waals surface area contributed by atoms with E-state index in [0.717, 1.165) is 24.9 Å². The summed E-state index contributed by atoms with van der Waals surface area (Å²) in [4.78, 5) is 12.5. The zero-order valence-corrected chi connectivity index (χ0v) is 12.4. The van der Waals surface area contributed by atoms with Crippen molar-refractivity contribution < 1.29 is 4.79 Å². The summed E-state index contributed by atoms with van der Waals surface area (Å²) in [6.45, 7) is 0. The average molecular weight is 301 g/mol. The predicted molar refractivity (Wildman–Crippen MR) is 86.9 cm³/mol. The molecule has 0 heterocycles. The fourth-order valence-corrected chi connectivity index (χ4v) is 3.13. The van der Waals surface area contributed by atoms with Crippen molar-refractivity contribution in [3.8, 4) is 0 Å². The van der Waals surface area contributed by atoms with Gasteiger partial charge in [0.05, 0.1) is 10.6 Å². The van der Waals surface area contributed by atoms with Gasteiger partial charge in [-0.1, -0.05) is 29.8 Å². The van der Waals surface area contributed by atoms with E-state index >= 15 is 0 Å². The van der Waals surface area contributed by atoms with Gasteiger partial charge in [-0.25, -0.2) is 0 Å². The van der Waals surface area contributed by atoms with Crippen molar-refractivity contribution in [1.82, 2.24) is 0 Å². The van der Waals surface area contributed by atoms with Crippen LogP contribution < -0.4 is 11.1 Å². The minimum atomic E-state index is -0.253. The van der Waals surface area contributed by atoms with Crippen LogP contribution in [0.25, 0.3) is 0 Å². The molecule has 0 aliphatic heterocycles. The number of rotatable bonds is 2. The molecule has 0 unspecified atom stereocenters. The fourth-order valence-electron chi connectivity index (χ4n) is 2.86. The lowest BCUT2D eigenvalue weighted by Gasteiger charge is -2.20. The number of hydrogen-bond acceptors (Lipinski definition) is 2. The van der Waals surface area contributed by atoms with Gasteiger partial charge < -0.3 is 11.1 Å². The topological polar surface area (TPSA) is 55.1 Å². The standard InChI is InChI=1S/C17H17ClN2O/c18-13-8-4-9-14(19)16(13)17(21)20-15-10-3-6-11-5-1-2-7-12(11)15/h3-4,6,8-10H,1-2,5,7,19H2,(H,20,21). The molecular weight excluding hydrogens is 284 g/mol. The van der Waals surface area contributed by atoms with Crippen LogP contribution in [0.3, 0.4) is 0 Å². The first-order valence-electron chi connectivity index (χ1n) is 7.13. The summed E-state index contributed by atoms with van der Waals surface area (Å²) < 4.78 is 0. The van der Waals surface area contributed by atoms with Crippen molar-refractivity contribution in [2.24, 2.45) is 0 Å². The number of amides is 1. The van der Waals surface area contributed by atoms with E-state index in [4.69, 9.17) is 17.3 Å². The summed E-state index contributed by atoms with van der Waals surface area (Å²) in [5.41, 5.74) is 10.0. The molecule has 0 saturated heterocycles. The Kier molecular flexibility index (Phi) is 3.84. The minimum absolute atomic E-state index is 0.253. The highest BCUT2D eigenvalue weighted by atomic mass is 35.5. The van der Waals surface area contributed by atoms with Gasteiger partial charge in [-0.05, 0) is 55.0 Å². The van der Waals surface area contributed by atoms with Crippen LogP contribution >= 0.6 is 11.6 Å². The molecule has 4 heteroatoms. The van der Waals surface area contributed by atoms with Gasteiger partial charge in [0, 0.05) is 11.4 Å². The maximum Gasteiger partial charge on any atom is 0.259 e. The van der Waals surface area contributed by atoms with Gasteiger partial charge in [-0.2, -0.15) is 0 Å². The van der Waals surface area contributed by atoms with E-state index in [2.05, 4.69) is 11.4 Å². The molecule has 3 nitrogen and oxygen atoms in total. The first-order valence-corrected chi connectivity index (χ1v) is 7.50. The van der Waals surface area contributed by atoms with Crippen LogP contribution in [0.1, 0.15) is 34.3 Å². The van der Waals surface area contributed by atoms with Crippen LogP contribution in [-0.4, -0.2) is 5.91 Å². The van der Waals surface area contributed by atoms with E-state index in [1.807, 2.05) is 12.1 Å². The Hall–Kier alpha value is -2.00. The molecule has 0 saturated carbocycles. The molecule has 3 N–H and O–H groups in total. The van der Waals surface area contributed by atoms with Gasteiger partial charge in [0.1, 0.15) is 0 Å². The van der Waals surface area contributed by atoms with Gasteiger partial charge in [-0.15, -0.1) is 0 Å². The zero-order chi connectivity index (χ0) is 14.8. The molecule has 3 rings (SSSR count). The summed E-state index contributed by atoms with van der Waals surface area (Å²) >= 11 is 6.09. The summed E-state index contributed by atoms with van der Waals surface area (Å²) in [6.07, 6.45) is 4.45. The van der Waals surface area contributed by atoms with Crippen molar-refractivity contribution in [2.45, 2.75) is 25.7 Å². The number of nitrogens with two attached hydrogens (primary N) is 1. The lowest BCUT2D eigenvalue weighted by molar-refractivity contribution is 0.102. The third-order valence-corrected chi connectivity index (χ3v) is 4.23. The van der Waals surface area contributed by atoms with Crippen LogP contribution in [0.4, 0.5) is 11.4 Å². The third-order valence-electron chi connectivity index (χ3n) is 3.92. The molecule has 0 bridgehead atoms. The molecule has 108 valence electrons. The molecular formula is C17H17ClN2O. The number of hydrogen-bond donors (Lipinski definition) is 2. The van der Waals surface area contributed by atoms with E-state index < -0.39 is 0 Å². The molecule has 1 aliphatic rings. The van der Waals surface area contributed by atoms with Crippen LogP contribution in [-0.2, 0) is 12.8 Å². The molecule has 0 fully saturated rings. The van der Waals surface area contributed by atoms with Crippen molar-refractivity contribution >= 4 is 28.9 Å². The number of aryl methyl sites for hydroxylation is 1. The number of carbonyl (C=O) groups excluding carboxylic acids is 1. The Morgan fingerprint density at radius 2 is 1.86 bits per heavy atom. The number of carbonyl (C=O) groups is 1. The Labute approximate surface area is 129 Å². The Morgan fingerprint density at radius 1 is 1.10 bits per heavy atom. The fraction of sp³-hybridized carbons (Fsp3) is 0.235. The van der Waals surface area contributed by atoms with Crippen molar-refractivity contribution in [3.63, 3.8) is 0 Å². The molecule has 21 heavy (non-hydrogen) atoms. The molecule has 0 aromatic heterocycles. The maximum atomic E-state index is 12.5. The van der Waals surface area contributed by atoms with Gasteiger partial charge in [0.15, 0.2) is 0 Å². The van der Waals surface area contributed by atoms with Crippen LogP contribution in [0.2, 0.25) is 5.02 Å². The normalized spacial score (nSPS) is 13.6. The Balaban J connectivity index is 1.92. The SMILES string of the molecule is Nc1cccc(Cl)c1C(=O)Nc1cccc2c1CCCC2. The Morgan fingerprint density at radius 3 is 2.67 bits per heavy atom. The van der Waals surface area contributed by atoms with Crippen LogP contribution in [0, 0.1) is 0 Å². The molecule has 0 atom stereocenters. The second kappa shape index (κ2) is 5.78. The molecule has 1 aliphatic carbocycles. The predicted octanol–water partition coefficient (Wildman–Crippen LogP) is 4.05. The number of halogens is 1. The van der Waals surface area contributed by atoms with E-state index in [1.165, 1.54) is 17.5 Å². The minimum Gasteiger partial charge on any atom is -0.398 e. The van der Waals surface area contributed by atoms with Gasteiger partial charge in [0.25, 0.3) is 5.91 Å². The second-order valence-corrected chi connectivity index (χ2v) is 5.72. The third kappa shape index (κ3) is 2.74. The van der Waals surface area contributed by atoms with Crippen molar-refractivity contribution in [1.29, 1.82) is 0 Å². The number of nitrogen functional groups attached to an aromatic ring is 1. The number of anilines is 2. The maximum absolute atomic E-state index is 12.5. The second-order valence-electron chi connectivity index (χ2n) is 5.31. The van der Waals surface area contributed by atoms with E-state index in [1.54, 1.807) is 18.2 Å². The molecule has 1 amide bonds. The Bertz CT molecular complexity index is 677. The zero-order valence-electron chi connectivity index (χ0n) is 11.7. The van der Waals surface area contributed by atoms with Crippen LogP contribution in [0.15, 0.2) is 36.4 Å².